The molecule has 0 aliphatic rings. The molecule has 0 fully saturated rings. The molecule has 0 aliphatic heterocycles. The number of carbonyl (C=O) groups excluding carboxylic acids is 2. The van der Waals surface area contributed by atoms with Gasteiger partial charge in [-0.3, -0.25) is 0 Å². The van der Waals surface area contributed by atoms with Crippen LogP contribution in [0.25, 0.3) is 11.1 Å². The Balaban J connectivity index is 2.33. The summed E-state index contributed by atoms with van der Waals surface area (Å²) in [7, 11) is 0. The van der Waals surface area contributed by atoms with E-state index in [1.165, 1.54) is 12.5 Å². The predicted molar refractivity (Wildman–Crippen MR) is 103 cm³/mol. The van der Waals surface area contributed by atoms with E-state index in [4.69, 9.17) is 14.2 Å². The van der Waals surface area contributed by atoms with E-state index in [-0.39, 0.29) is 24.4 Å². The van der Waals surface area contributed by atoms with Gasteiger partial charge in [-0.15, -0.1) is 0 Å². The lowest BCUT2D eigenvalue weighted by molar-refractivity contribution is -0.136. The predicted octanol–water partition coefficient (Wildman–Crippen LogP) is 4.21. The summed E-state index contributed by atoms with van der Waals surface area (Å²) >= 11 is 0. The number of ether oxygens (including phenoxy) is 3. The molecule has 140 valence electrons. The third kappa shape index (κ3) is 5.85. The van der Waals surface area contributed by atoms with E-state index in [0.717, 1.165) is 0 Å². The number of hydrogen-bond acceptors (Lipinski definition) is 5. The quantitative estimate of drug-likeness (QED) is 0.398. The first-order valence-corrected chi connectivity index (χ1v) is 8.68. The zero-order chi connectivity index (χ0) is 19.5. The molecule has 0 aliphatic carbocycles. The molecule has 0 saturated carbocycles. The Labute approximate surface area is 158 Å². The zero-order valence-corrected chi connectivity index (χ0v) is 15.4. The normalized spacial score (nSPS) is 11.6. The van der Waals surface area contributed by atoms with Gasteiger partial charge in [-0.25, -0.2) is 9.59 Å². The van der Waals surface area contributed by atoms with Gasteiger partial charge in [0.05, 0.1) is 13.2 Å². The van der Waals surface area contributed by atoms with Gasteiger partial charge in [0.15, 0.2) is 0 Å². The van der Waals surface area contributed by atoms with E-state index >= 15 is 0 Å². The van der Waals surface area contributed by atoms with Crippen molar-refractivity contribution in [1.29, 1.82) is 0 Å². The molecular formula is C22H22O5. The minimum absolute atomic E-state index is 0.247. The van der Waals surface area contributed by atoms with Crippen LogP contribution in [0.5, 0.6) is 0 Å². The Morgan fingerprint density at radius 2 is 1.07 bits per heavy atom. The third-order valence-electron chi connectivity index (χ3n) is 3.53. The molecule has 0 atom stereocenters. The fourth-order valence-corrected chi connectivity index (χ4v) is 2.29. The van der Waals surface area contributed by atoms with Crippen molar-refractivity contribution in [3.63, 3.8) is 0 Å². The van der Waals surface area contributed by atoms with E-state index in [2.05, 4.69) is 0 Å². The topological polar surface area (TPSA) is 61.8 Å². The Kier molecular flexibility index (Phi) is 7.85. The lowest BCUT2D eigenvalue weighted by Crippen LogP contribution is -2.08. The van der Waals surface area contributed by atoms with Gasteiger partial charge in [0.2, 0.25) is 0 Å². The van der Waals surface area contributed by atoms with Crippen LogP contribution < -0.4 is 0 Å². The molecule has 0 bridgehead atoms. The van der Waals surface area contributed by atoms with Crippen molar-refractivity contribution < 1.29 is 23.8 Å². The molecule has 0 aromatic heterocycles. The maximum atomic E-state index is 12.2. The van der Waals surface area contributed by atoms with E-state index in [1.807, 2.05) is 36.4 Å². The van der Waals surface area contributed by atoms with Crippen LogP contribution >= 0.6 is 0 Å². The van der Waals surface area contributed by atoms with Gasteiger partial charge in [0.1, 0.15) is 23.7 Å². The van der Waals surface area contributed by atoms with Crippen LogP contribution in [0, 0.1) is 0 Å². The second kappa shape index (κ2) is 10.6. The Bertz CT molecular complexity index is 738. The number of carbonyl (C=O) groups is 2. The summed E-state index contributed by atoms with van der Waals surface area (Å²) in [6, 6.07) is 18.1. The maximum absolute atomic E-state index is 12.2. The largest absolute Gasteiger partial charge is 0.471 e. The molecule has 0 heterocycles. The summed E-state index contributed by atoms with van der Waals surface area (Å²) in [5, 5.41) is 0. The fourth-order valence-electron chi connectivity index (χ4n) is 2.29. The van der Waals surface area contributed by atoms with Crippen LogP contribution in [0.1, 0.15) is 25.0 Å². The van der Waals surface area contributed by atoms with Crippen LogP contribution in [-0.4, -0.2) is 25.2 Å². The Morgan fingerprint density at radius 3 is 1.41 bits per heavy atom. The molecule has 0 N–H and O–H groups in total. The molecule has 0 unspecified atom stereocenters. The molecule has 2 aromatic rings. The standard InChI is InChI=1S/C22H22O5/c1-3-26-21(23)19(17-11-7-5-8-12-17)15-25-16-20(22(24)27-4-2)18-13-9-6-10-14-18/h5-16H,3-4H2,1-2H3. The minimum Gasteiger partial charge on any atom is -0.471 e. The average molecular weight is 366 g/mol. The van der Waals surface area contributed by atoms with Gasteiger partial charge in [-0.1, -0.05) is 60.7 Å². The van der Waals surface area contributed by atoms with Crippen molar-refractivity contribution in [2.24, 2.45) is 0 Å². The van der Waals surface area contributed by atoms with Crippen LogP contribution in [0.4, 0.5) is 0 Å². The van der Waals surface area contributed by atoms with Crippen molar-refractivity contribution in [3.8, 4) is 0 Å². The van der Waals surface area contributed by atoms with Gasteiger partial charge in [-0.2, -0.15) is 0 Å². The first kappa shape index (κ1) is 20.0. The van der Waals surface area contributed by atoms with E-state index < -0.39 is 11.9 Å². The molecule has 27 heavy (non-hydrogen) atoms. The van der Waals surface area contributed by atoms with Crippen molar-refractivity contribution >= 4 is 23.1 Å². The third-order valence-corrected chi connectivity index (χ3v) is 3.53. The van der Waals surface area contributed by atoms with Crippen molar-refractivity contribution in [1.82, 2.24) is 0 Å². The summed E-state index contributed by atoms with van der Waals surface area (Å²) in [4.78, 5) is 24.5. The first-order valence-electron chi connectivity index (χ1n) is 8.68. The Hall–Kier alpha value is -3.34. The highest BCUT2D eigenvalue weighted by Crippen LogP contribution is 2.19. The number of hydrogen-bond donors (Lipinski definition) is 0. The van der Waals surface area contributed by atoms with Gasteiger partial charge in [0.25, 0.3) is 0 Å². The van der Waals surface area contributed by atoms with Crippen LogP contribution in [0.15, 0.2) is 73.2 Å². The SMILES string of the molecule is CCOC(=O)C(=COC=C(C(=O)OCC)c1ccccc1)c1ccccc1. The molecule has 5 heteroatoms. The molecule has 0 saturated heterocycles. The van der Waals surface area contributed by atoms with Crippen LogP contribution in [-0.2, 0) is 23.8 Å². The smallest absolute Gasteiger partial charge is 0.341 e. The van der Waals surface area contributed by atoms with Crippen LogP contribution in [0.3, 0.4) is 0 Å². The maximum Gasteiger partial charge on any atom is 0.341 e. The Morgan fingerprint density at radius 1 is 0.704 bits per heavy atom. The monoisotopic (exact) mass is 366 g/mol. The number of esters is 2. The minimum atomic E-state index is -0.505. The summed E-state index contributed by atoms with van der Waals surface area (Å²) in [6.07, 6.45) is 2.55. The molecular weight excluding hydrogens is 344 g/mol. The summed E-state index contributed by atoms with van der Waals surface area (Å²) in [5.74, 6) is -1.01. The summed E-state index contributed by atoms with van der Waals surface area (Å²) < 4.78 is 15.7. The summed E-state index contributed by atoms with van der Waals surface area (Å²) in [5.41, 5.74) is 1.82. The second-order valence-electron chi connectivity index (χ2n) is 5.37. The fraction of sp³-hybridized carbons (Fsp3) is 0.182. The van der Waals surface area contributed by atoms with Gasteiger partial charge in [0, 0.05) is 0 Å². The highest BCUT2D eigenvalue weighted by Gasteiger charge is 2.15. The highest BCUT2D eigenvalue weighted by atomic mass is 16.5. The average Bonchev–Trinajstić information content (AvgIpc) is 2.69. The molecule has 0 radical (unpaired) electrons. The molecule has 0 amide bonds. The van der Waals surface area contributed by atoms with Crippen molar-refractivity contribution in [2.45, 2.75) is 13.8 Å². The van der Waals surface area contributed by atoms with Crippen molar-refractivity contribution in [3.05, 3.63) is 84.3 Å². The molecule has 2 rings (SSSR count). The van der Waals surface area contributed by atoms with Gasteiger partial charge < -0.3 is 14.2 Å². The molecule has 0 spiro atoms. The zero-order valence-electron chi connectivity index (χ0n) is 15.4. The lowest BCUT2D eigenvalue weighted by Gasteiger charge is -2.09. The lowest BCUT2D eigenvalue weighted by atomic mass is 10.1. The molecule has 2 aromatic carbocycles. The van der Waals surface area contributed by atoms with E-state index in [9.17, 15) is 9.59 Å². The van der Waals surface area contributed by atoms with Gasteiger partial charge in [-0.05, 0) is 25.0 Å². The summed E-state index contributed by atoms with van der Waals surface area (Å²) in [6.45, 7) is 3.96. The van der Waals surface area contributed by atoms with Crippen LogP contribution in [0.2, 0.25) is 0 Å². The van der Waals surface area contributed by atoms with E-state index in [1.54, 1.807) is 38.1 Å². The highest BCUT2D eigenvalue weighted by molar-refractivity contribution is 6.17. The number of benzene rings is 2. The first-order chi connectivity index (χ1) is 13.2. The van der Waals surface area contributed by atoms with Gasteiger partial charge >= 0.3 is 11.9 Å². The second-order valence-corrected chi connectivity index (χ2v) is 5.37. The van der Waals surface area contributed by atoms with E-state index in [0.29, 0.717) is 11.1 Å². The molecule has 5 nitrogen and oxygen atoms in total. The van der Waals surface area contributed by atoms with Crippen molar-refractivity contribution in [2.75, 3.05) is 13.2 Å². The number of rotatable bonds is 8.